The number of likely N-dealkylation sites (tertiary alicyclic amines) is 2. The minimum Gasteiger partial charge on any atom is -0.481 e. The van der Waals surface area contributed by atoms with Gasteiger partial charge >= 0.3 is 5.97 Å². The molecule has 1 amide bonds. The fourth-order valence-corrected chi connectivity index (χ4v) is 6.25. The molecule has 0 spiro atoms. The maximum atomic E-state index is 13.8. The molecule has 1 saturated carbocycles. The van der Waals surface area contributed by atoms with E-state index in [4.69, 9.17) is 15.9 Å². The van der Waals surface area contributed by atoms with Crippen molar-refractivity contribution in [2.45, 2.75) is 109 Å². The number of guanidine groups is 1. The first-order chi connectivity index (χ1) is 16.6. The van der Waals surface area contributed by atoms with Gasteiger partial charge in [-0.1, -0.05) is 20.3 Å². The van der Waals surface area contributed by atoms with Gasteiger partial charge in [0.25, 0.3) is 0 Å². The number of carboxylic acid groups (broad SMARTS) is 1. The van der Waals surface area contributed by atoms with Crippen molar-refractivity contribution in [3.05, 3.63) is 0 Å². The van der Waals surface area contributed by atoms with Crippen LogP contribution < -0.4 is 5.73 Å². The average Bonchev–Trinajstić information content (AvgIpc) is 2.81. The fourth-order valence-electron chi connectivity index (χ4n) is 6.25. The number of nitrogens with zero attached hydrogens (tertiary/aromatic N) is 3. The van der Waals surface area contributed by atoms with Crippen LogP contribution in [0, 0.1) is 10.8 Å². The highest BCUT2D eigenvalue weighted by atomic mass is 16.5. The number of aliphatic carboxylic acids is 1. The van der Waals surface area contributed by atoms with Gasteiger partial charge in [-0.2, -0.15) is 0 Å². The van der Waals surface area contributed by atoms with Gasteiger partial charge in [-0.3, -0.25) is 19.9 Å². The molecular weight excluding hydrogens is 446 g/mol. The number of ether oxygens (including phenoxy) is 1. The summed E-state index contributed by atoms with van der Waals surface area (Å²) in [5.74, 6) is -0.825. The molecule has 200 valence electrons. The molecule has 9 heteroatoms. The van der Waals surface area contributed by atoms with Crippen molar-refractivity contribution in [3.63, 3.8) is 0 Å². The second-order valence-electron chi connectivity index (χ2n) is 11.6. The Morgan fingerprint density at radius 2 is 1.86 bits per heavy atom. The number of nitrogens with one attached hydrogen (secondary N) is 1. The molecule has 3 fully saturated rings. The lowest BCUT2D eigenvalue weighted by atomic mass is 9.74. The molecule has 1 aliphatic carbocycles. The lowest BCUT2D eigenvalue weighted by molar-refractivity contribution is -0.149. The van der Waals surface area contributed by atoms with E-state index in [1.165, 1.54) is 6.42 Å². The van der Waals surface area contributed by atoms with Crippen molar-refractivity contribution in [2.24, 2.45) is 11.1 Å². The number of carbonyl (C=O) groups is 2. The molecule has 0 aromatic heterocycles. The zero-order valence-corrected chi connectivity index (χ0v) is 22.0. The zero-order chi connectivity index (χ0) is 25.6. The number of amides is 1. The predicted octanol–water partition coefficient (Wildman–Crippen LogP) is 2.88. The van der Waals surface area contributed by atoms with Crippen molar-refractivity contribution in [3.8, 4) is 0 Å². The van der Waals surface area contributed by atoms with Gasteiger partial charge in [0.1, 0.15) is 0 Å². The van der Waals surface area contributed by atoms with E-state index < -0.39 is 12.0 Å². The molecule has 3 aliphatic rings. The Labute approximate surface area is 210 Å². The van der Waals surface area contributed by atoms with E-state index in [2.05, 4.69) is 18.7 Å². The molecule has 2 aliphatic heterocycles. The van der Waals surface area contributed by atoms with E-state index in [-0.39, 0.29) is 41.9 Å². The third-order valence-electron chi connectivity index (χ3n) is 8.40. The second-order valence-corrected chi connectivity index (χ2v) is 11.6. The van der Waals surface area contributed by atoms with Crippen LogP contribution in [-0.2, 0) is 14.3 Å². The minimum absolute atomic E-state index is 0.0299. The van der Waals surface area contributed by atoms with Gasteiger partial charge in [-0.15, -0.1) is 0 Å². The van der Waals surface area contributed by atoms with E-state index in [1.54, 1.807) is 0 Å². The largest absolute Gasteiger partial charge is 0.481 e. The number of hydrogen-bond donors (Lipinski definition) is 3. The monoisotopic (exact) mass is 493 g/mol. The summed E-state index contributed by atoms with van der Waals surface area (Å²) in [5.41, 5.74) is 5.80. The Morgan fingerprint density at radius 1 is 1.14 bits per heavy atom. The molecule has 3 rings (SSSR count). The van der Waals surface area contributed by atoms with Crippen LogP contribution in [0.4, 0.5) is 0 Å². The smallest absolute Gasteiger partial charge is 0.305 e. The number of carbonyl (C=O) groups excluding carboxylic acids is 1. The Bertz CT molecular complexity index is 737. The lowest BCUT2D eigenvalue weighted by Crippen LogP contribution is -2.56. The average molecular weight is 494 g/mol. The van der Waals surface area contributed by atoms with Gasteiger partial charge in [0.15, 0.2) is 5.96 Å². The van der Waals surface area contributed by atoms with Crippen molar-refractivity contribution in [1.82, 2.24) is 14.7 Å². The molecule has 4 N–H and O–H groups in total. The number of nitrogens with two attached hydrogens (primary N) is 1. The summed E-state index contributed by atoms with van der Waals surface area (Å²) in [6, 6.07) is -0.288. The minimum atomic E-state index is -0.918. The van der Waals surface area contributed by atoms with Crippen molar-refractivity contribution < 1.29 is 19.4 Å². The Kier molecular flexibility index (Phi) is 9.81. The molecule has 2 heterocycles. The maximum absolute atomic E-state index is 13.8. The molecule has 35 heavy (non-hydrogen) atoms. The summed E-state index contributed by atoms with van der Waals surface area (Å²) >= 11 is 0. The first-order valence-electron chi connectivity index (χ1n) is 13.5. The third-order valence-corrected chi connectivity index (χ3v) is 8.40. The third kappa shape index (κ3) is 7.81. The molecule has 0 aromatic rings. The molecular formula is C26H47N5O4. The lowest BCUT2D eigenvalue weighted by Gasteiger charge is -2.44. The van der Waals surface area contributed by atoms with Crippen LogP contribution in [-0.4, -0.2) is 95.2 Å². The van der Waals surface area contributed by atoms with Crippen molar-refractivity contribution in [2.75, 3.05) is 33.3 Å². The molecule has 0 aromatic carbocycles. The zero-order valence-electron chi connectivity index (χ0n) is 22.0. The van der Waals surface area contributed by atoms with Gasteiger partial charge in [-0.25, -0.2) is 0 Å². The topological polar surface area (TPSA) is 123 Å². The van der Waals surface area contributed by atoms with Gasteiger partial charge < -0.3 is 25.4 Å². The van der Waals surface area contributed by atoms with Gasteiger partial charge in [0.2, 0.25) is 5.91 Å². The van der Waals surface area contributed by atoms with Crippen LogP contribution in [0.2, 0.25) is 0 Å². The molecule has 3 atom stereocenters. The van der Waals surface area contributed by atoms with Crippen LogP contribution in [0.3, 0.4) is 0 Å². The summed E-state index contributed by atoms with van der Waals surface area (Å²) < 4.78 is 6.15. The highest BCUT2D eigenvalue weighted by Crippen LogP contribution is 2.38. The highest BCUT2D eigenvalue weighted by Gasteiger charge is 2.39. The summed E-state index contributed by atoms with van der Waals surface area (Å²) in [6.45, 7) is 7.32. The van der Waals surface area contributed by atoms with Crippen LogP contribution in [0.15, 0.2) is 0 Å². The Morgan fingerprint density at radius 3 is 2.49 bits per heavy atom. The van der Waals surface area contributed by atoms with Crippen LogP contribution in [0.25, 0.3) is 0 Å². The van der Waals surface area contributed by atoms with Crippen LogP contribution in [0.1, 0.15) is 84.5 Å². The van der Waals surface area contributed by atoms with Gasteiger partial charge in [0, 0.05) is 38.3 Å². The van der Waals surface area contributed by atoms with E-state index in [9.17, 15) is 14.7 Å². The number of rotatable bonds is 9. The molecule has 1 unspecified atom stereocenters. The summed E-state index contributed by atoms with van der Waals surface area (Å²) in [5, 5.41) is 17.2. The quantitative estimate of drug-likeness (QED) is 0.333. The first-order valence-corrected chi connectivity index (χ1v) is 13.5. The SMILES string of the molecule is CN(C1CCCC(C)(C)C1)[C@@H](CC(=O)O)C(=O)N1CCCC[C@H]1CCOC1CCN(C(=N)N)CC1. The van der Waals surface area contributed by atoms with E-state index in [1.807, 2.05) is 16.8 Å². The van der Waals surface area contributed by atoms with E-state index in [0.29, 0.717) is 13.2 Å². The number of piperidine rings is 2. The van der Waals surface area contributed by atoms with Crippen molar-refractivity contribution in [1.29, 1.82) is 5.41 Å². The number of likely N-dealkylation sites (N-methyl/N-ethyl adjacent to an activating group) is 1. The van der Waals surface area contributed by atoms with Gasteiger partial charge in [0.05, 0.1) is 18.6 Å². The first kappa shape index (κ1) is 27.7. The summed E-state index contributed by atoms with van der Waals surface area (Å²) in [6.07, 6.45) is 9.80. The molecule has 0 bridgehead atoms. The second kappa shape index (κ2) is 12.4. The normalized spacial score (nSPS) is 26.5. The molecule has 9 nitrogen and oxygen atoms in total. The predicted molar refractivity (Wildman–Crippen MR) is 136 cm³/mol. The van der Waals surface area contributed by atoms with Crippen LogP contribution >= 0.6 is 0 Å². The van der Waals surface area contributed by atoms with Crippen LogP contribution in [0.5, 0.6) is 0 Å². The van der Waals surface area contributed by atoms with E-state index in [0.717, 1.165) is 70.9 Å². The van der Waals surface area contributed by atoms with E-state index >= 15 is 0 Å². The van der Waals surface area contributed by atoms with Gasteiger partial charge in [-0.05, 0) is 70.3 Å². The standard InChI is InChI=1S/C26H47N5O4/c1-26(2)12-6-8-20(18-26)29(3)22(17-23(32)33)24(34)31-13-5-4-7-19(31)11-16-35-21-9-14-30(15-10-21)25(27)28/h19-22H,4-18H2,1-3H3,(H3,27,28)(H,32,33)/t19-,20?,22-/m0/s1. The fraction of sp³-hybridized carbons (Fsp3) is 0.885. The summed E-state index contributed by atoms with van der Waals surface area (Å²) in [7, 11) is 1.95. The Hall–Kier alpha value is -1.87. The molecule has 0 radical (unpaired) electrons. The summed E-state index contributed by atoms with van der Waals surface area (Å²) in [4.78, 5) is 31.5. The highest BCUT2D eigenvalue weighted by molar-refractivity contribution is 5.86. The molecule has 2 saturated heterocycles. The maximum Gasteiger partial charge on any atom is 0.305 e. The number of carboxylic acids is 1. The Balaban J connectivity index is 1.59. The number of hydrogen-bond acceptors (Lipinski definition) is 5. The van der Waals surface area contributed by atoms with Crippen molar-refractivity contribution >= 4 is 17.8 Å².